The lowest BCUT2D eigenvalue weighted by molar-refractivity contribution is 0.100. The van der Waals surface area contributed by atoms with Crippen molar-refractivity contribution in [3.63, 3.8) is 0 Å². The van der Waals surface area contributed by atoms with Crippen molar-refractivity contribution in [3.8, 4) is 0 Å². The third-order valence-corrected chi connectivity index (χ3v) is 2.80. The fraction of sp³-hybridized carbons (Fsp3) is 0.500. The molecule has 106 valence electrons. The van der Waals surface area contributed by atoms with E-state index in [1.165, 1.54) is 0 Å². The molecule has 0 saturated heterocycles. The first-order valence-electron chi connectivity index (χ1n) is 6.39. The molecule has 1 amide bonds. The second-order valence-electron chi connectivity index (χ2n) is 4.94. The molecule has 0 radical (unpaired) electrons. The number of ether oxygens (including phenoxy) is 1. The molecule has 1 aromatic rings. The van der Waals surface area contributed by atoms with Crippen LogP contribution in [0.1, 0.15) is 24.2 Å². The van der Waals surface area contributed by atoms with Gasteiger partial charge in [0.15, 0.2) is 0 Å². The minimum Gasteiger partial charge on any atom is -0.397 e. The molecule has 0 fully saturated rings. The van der Waals surface area contributed by atoms with Gasteiger partial charge in [0.2, 0.25) is 0 Å². The number of nitrogen functional groups attached to an aromatic ring is 1. The lowest BCUT2D eigenvalue weighted by atomic mass is 10.1. The van der Waals surface area contributed by atoms with Crippen molar-refractivity contribution in [1.29, 1.82) is 0 Å². The molecule has 0 heterocycles. The van der Waals surface area contributed by atoms with E-state index in [0.717, 1.165) is 6.54 Å². The van der Waals surface area contributed by atoms with Gasteiger partial charge in [0.05, 0.1) is 23.5 Å². The van der Waals surface area contributed by atoms with Crippen LogP contribution in [0.5, 0.6) is 0 Å². The van der Waals surface area contributed by atoms with Crippen molar-refractivity contribution in [2.45, 2.75) is 13.8 Å². The summed E-state index contributed by atoms with van der Waals surface area (Å²) in [6.07, 6.45) is 0. The number of hydrogen-bond donors (Lipinski definition) is 2. The smallest absolute Gasteiger partial charge is 0.250 e. The van der Waals surface area contributed by atoms with Crippen LogP contribution < -0.4 is 16.4 Å². The predicted octanol–water partition coefficient (Wildman–Crippen LogP) is 1.48. The van der Waals surface area contributed by atoms with Gasteiger partial charge in [-0.1, -0.05) is 19.9 Å². The molecule has 0 unspecified atom stereocenters. The Hall–Kier alpha value is -1.75. The molecule has 0 atom stereocenters. The third-order valence-electron chi connectivity index (χ3n) is 2.80. The summed E-state index contributed by atoms with van der Waals surface area (Å²) in [7, 11) is 1.65. The first-order chi connectivity index (χ1) is 8.97. The number of hydrogen-bond acceptors (Lipinski definition) is 4. The zero-order chi connectivity index (χ0) is 14.4. The Balaban J connectivity index is 3.15. The average Bonchev–Trinajstić information content (AvgIpc) is 2.33. The zero-order valence-corrected chi connectivity index (χ0v) is 11.8. The summed E-state index contributed by atoms with van der Waals surface area (Å²) in [5, 5.41) is 0. The molecule has 5 nitrogen and oxygen atoms in total. The molecule has 0 aliphatic rings. The van der Waals surface area contributed by atoms with Crippen LogP contribution in [-0.4, -0.2) is 32.7 Å². The second kappa shape index (κ2) is 6.99. The number of methoxy groups -OCH3 is 1. The molecule has 1 aromatic carbocycles. The maximum absolute atomic E-state index is 11.5. The lowest BCUT2D eigenvalue weighted by Crippen LogP contribution is -2.33. The summed E-state index contributed by atoms with van der Waals surface area (Å²) in [4.78, 5) is 13.6. The van der Waals surface area contributed by atoms with E-state index in [0.29, 0.717) is 36.0 Å². The SMILES string of the molecule is COCCN(CC(C)C)c1c(N)cccc1C(N)=O. The van der Waals surface area contributed by atoms with Crippen LogP contribution in [0.2, 0.25) is 0 Å². The van der Waals surface area contributed by atoms with Crippen molar-refractivity contribution in [2.75, 3.05) is 37.4 Å². The third kappa shape index (κ3) is 4.13. The summed E-state index contributed by atoms with van der Waals surface area (Å²) in [5.74, 6) is -0.0225. The van der Waals surface area contributed by atoms with E-state index >= 15 is 0 Å². The maximum Gasteiger partial charge on any atom is 0.250 e. The second-order valence-corrected chi connectivity index (χ2v) is 4.94. The maximum atomic E-state index is 11.5. The van der Waals surface area contributed by atoms with Crippen LogP contribution in [0, 0.1) is 5.92 Å². The number of nitrogens with zero attached hydrogens (tertiary/aromatic N) is 1. The largest absolute Gasteiger partial charge is 0.397 e. The zero-order valence-electron chi connectivity index (χ0n) is 11.8. The summed E-state index contributed by atoms with van der Waals surface area (Å²) in [6, 6.07) is 5.22. The molecule has 0 bridgehead atoms. The Morgan fingerprint density at radius 3 is 2.63 bits per heavy atom. The molecular weight excluding hydrogens is 242 g/mol. The molecule has 0 aliphatic carbocycles. The first-order valence-corrected chi connectivity index (χ1v) is 6.39. The van der Waals surface area contributed by atoms with Gasteiger partial charge in [0.25, 0.3) is 5.91 Å². The van der Waals surface area contributed by atoms with Crippen LogP contribution in [0.4, 0.5) is 11.4 Å². The highest BCUT2D eigenvalue weighted by atomic mass is 16.5. The quantitative estimate of drug-likeness (QED) is 0.732. The topological polar surface area (TPSA) is 81.6 Å². The van der Waals surface area contributed by atoms with E-state index < -0.39 is 5.91 Å². The molecule has 0 saturated carbocycles. The molecular formula is C14H23N3O2. The van der Waals surface area contributed by atoms with Crippen molar-refractivity contribution < 1.29 is 9.53 Å². The van der Waals surface area contributed by atoms with Crippen molar-refractivity contribution in [1.82, 2.24) is 0 Å². The Bertz CT molecular complexity index is 433. The van der Waals surface area contributed by atoms with Gasteiger partial charge in [-0.3, -0.25) is 4.79 Å². The number of carbonyl (C=O) groups is 1. The number of primary amides is 1. The summed E-state index contributed by atoms with van der Waals surface area (Å²) in [5.41, 5.74) is 13.2. The molecule has 1 rings (SSSR count). The van der Waals surface area contributed by atoms with E-state index in [1.54, 1.807) is 25.3 Å². The van der Waals surface area contributed by atoms with Crippen LogP contribution >= 0.6 is 0 Å². The van der Waals surface area contributed by atoms with E-state index in [4.69, 9.17) is 16.2 Å². The van der Waals surface area contributed by atoms with Gasteiger partial charge in [0, 0.05) is 20.2 Å². The Kier molecular flexibility index (Phi) is 5.63. The van der Waals surface area contributed by atoms with Crippen LogP contribution in [0.15, 0.2) is 18.2 Å². The van der Waals surface area contributed by atoms with Gasteiger partial charge in [-0.25, -0.2) is 0 Å². The molecule has 5 heteroatoms. The summed E-state index contributed by atoms with van der Waals surface area (Å²) in [6.45, 7) is 6.26. The fourth-order valence-electron chi connectivity index (χ4n) is 2.05. The van der Waals surface area contributed by atoms with E-state index in [-0.39, 0.29) is 0 Å². The minimum absolute atomic E-state index is 0.442. The summed E-state index contributed by atoms with van der Waals surface area (Å²) < 4.78 is 5.12. The number of carbonyl (C=O) groups excluding carboxylic acids is 1. The predicted molar refractivity (Wildman–Crippen MR) is 78.3 cm³/mol. The number of benzene rings is 1. The summed E-state index contributed by atoms with van der Waals surface area (Å²) >= 11 is 0. The van der Waals surface area contributed by atoms with Gasteiger partial charge in [-0.15, -0.1) is 0 Å². The number of rotatable bonds is 7. The number of anilines is 2. The van der Waals surface area contributed by atoms with E-state index in [1.807, 2.05) is 0 Å². The van der Waals surface area contributed by atoms with Gasteiger partial charge in [0.1, 0.15) is 0 Å². The number of amides is 1. The minimum atomic E-state index is -0.464. The Morgan fingerprint density at radius 1 is 1.42 bits per heavy atom. The average molecular weight is 265 g/mol. The van der Waals surface area contributed by atoms with E-state index in [9.17, 15) is 4.79 Å². The van der Waals surface area contributed by atoms with Gasteiger partial charge in [-0.2, -0.15) is 0 Å². The van der Waals surface area contributed by atoms with Crippen molar-refractivity contribution >= 4 is 17.3 Å². The van der Waals surface area contributed by atoms with E-state index in [2.05, 4.69) is 18.7 Å². The monoisotopic (exact) mass is 265 g/mol. The number of para-hydroxylation sites is 1. The Morgan fingerprint density at radius 2 is 2.11 bits per heavy atom. The van der Waals surface area contributed by atoms with Crippen molar-refractivity contribution in [2.24, 2.45) is 11.7 Å². The first kappa shape index (κ1) is 15.3. The highest BCUT2D eigenvalue weighted by Gasteiger charge is 2.18. The van der Waals surface area contributed by atoms with Crippen LogP contribution in [-0.2, 0) is 4.74 Å². The van der Waals surface area contributed by atoms with Crippen molar-refractivity contribution in [3.05, 3.63) is 23.8 Å². The number of nitrogens with two attached hydrogens (primary N) is 2. The van der Waals surface area contributed by atoms with Gasteiger partial charge in [-0.05, 0) is 18.1 Å². The van der Waals surface area contributed by atoms with Crippen LogP contribution in [0.25, 0.3) is 0 Å². The Labute approximate surface area is 114 Å². The van der Waals surface area contributed by atoms with Gasteiger partial charge < -0.3 is 21.1 Å². The highest BCUT2D eigenvalue weighted by Crippen LogP contribution is 2.28. The lowest BCUT2D eigenvalue weighted by Gasteiger charge is -2.29. The normalized spacial score (nSPS) is 10.7. The molecule has 0 spiro atoms. The molecule has 0 aliphatic heterocycles. The molecule has 19 heavy (non-hydrogen) atoms. The van der Waals surface area contributed by atoms with Crippen LogP contribution in [0.3, 0.4) is 0 Å². The highest BCUT2D eigenvalue weighted by molar-refractivity contribution is 6.01. The standard InChI is InChI=1S/C14H23N3O2/c1-10(2)9-17(7-8-19-3)13-11(14(16)18)5-4-6-12(13)15/h4-6,10H,7-9,15H2,1-3H3,(H2,16,18). The van der Waals surface area contributed by atoms with Gasteiger partial charge >= 0.3 is 0 Å². The fourth-order valence-corrected chi connectivity index (χ4v) is 2.05. The molecule has 0 aromatic heterocycles. The molecule has 4 N–H and O–H groups in total.